The van der Waals surface area contributed by atoms with Crippen molar-refractivity contribution in [3.63, 3.8) is 0 Å². The summed E-state index contributed by atoms with van der Waals surface area (Å²) in [7, 11) is 0. The Balaban J connectivity index is 2.01. The summed E-state index contributed by atoms with van der Waals surface area (Å²) in [5.74, 6) is 0. The topological polar surface area (TPSA) is 45.4 Å². The average Bonchev–Trinajstić information content (AvgIpc) is 2.39. The van der Waals surface area contributed by atoms with E-state index in [1.807, 2.05) is 6.07 Å². The maximum Gasteiger partial charge on any atom is 0.0822 e. The summed E-state index contributed by atoms with van der Waals surface area (Å²) in [6.07, 6.45) is 3.49. The predicted molar refractivity (Wildman–Crippen MR) is 76.2 cm³/mol. The van der Waals surface area contributed by atoms with Crippen LogP contribution in [0.1, 0.15) is 13.8 Å². The number of nitrogens with two attached hydrogens (primary N) is 1. The molecule has 2 heterocycles. The number of halogens is 1. The molecule has 5 heteroatoms. The van der Waals surface area contributed by atoms with Crippen molar-refractivity contribution < 1.29 is 0 Å². The van der Waals surface area contributed by atoms with E-state index in [1.54, 1.807) is 12.4 Å². The molecule has 1 aliphatic heterocycles. The summed E-state index contributed by atoms with van der Waals surface area (Å²) < 4.78 is 0. The lowest BCUT2D eigenvalue weighted by molar-refractivity contribution is 0.119. The van der Waals surface area contributed by atoms with E-state index in [9.17, 15) is 0 Å². The molecule has 18 heavy (non-hydrogen) atoms. The fraction of sp³-hybridized carbons (Fsp3) is 0.615. The highest BCUT2D eigenvalue weighted by Crippen LogP contribution is 2.26. The van der Waals surface area contributed by atoms with Gasteiger partial charge in [-0.15, -0.1) is 0 Å². The molecule has 1 aliphatic rings. The van der Waals surface area contributed by atoms with E-state index in [4.69, 9.17) is 17.3 Å². The third-order valence-electron chi connectivity index (χ3n) is 3.73. The van der Waals surface area contributed by atoms with E-state index < -0.39 is 0 Å². The van der Waals surface area contributed by atoms with Crippen molar-refractivity contribution in [1.29, 1.82) is 0 Å². The minimum atomic E-state index is 0.0775. The molecular weight excluding hydrogens is 248 g/mol. The number of pyridine rings is 1. The second-order valence-corrected chi connectivity index (χ2v) is 5.72. The maximum atomic E-state index is 6.17. The first-order valence-corrected chi connectivity index (χ1v) is 6.72. The Morgan fingerprint density at radius 1 is 1.33 bits per heavy atom. The van der Waals surface area contributed by atoms with Gasteiger partial charge in [-0.25, -0.2) is 0 Å². The van der Waals surface area contributed by atoms with Crippen LogP contribution in [0.5, 0.6) is 0 Å². The zero-order valence-electron chi connectivity index (χ0n) is 11.1. The maximum absolute atomic E-state index is 6.17. The van der Waals surface area contributed by atoms with Crippen LogP contribution in [-0.4, -0.2) is 48.1 Å². The predicted octanol–water partition coefficient (Wildman–Crippen LogP) is 1.59. The lowest BCUT2D eigenvalue weighted by Crippen LogP contribution is -2.57. The van der Waals surface area contributed by atoms with Crippen LogP contribution in [-0.2, 0) is 0 Å². The first-order valence-electron chi connectivity index (χ1n) is 6.34. The molecule has 2 N–H and O–H groups in total. The van der Waals surface area contributed by atoms with Crippen molar-refractivity contribution in [3.8, 4) is 0 Å². The second-order valence-electron chi connectivity index (χ2n) is 5.32. The Morgan fingerprint density at radius 3 is 2.56 bits per heavy atom. The van der Waals surface area contributed by atoms with E-state index in [2.05, 4.69) is 28.6 Å². The van der Waals surface area contributed by atoms with Gasteiger partial charge in [0.05, 0.1) is 10.7 Å². The normalized spacial score (nSPS) is 18.1. The van der Waals surface area contributed by atoms with Gasteiger partial charge in [0.2, 0.25) is 0 Å². The molecule has 0 bridgehead atoms. The molecule has 1 aromatic heterocycles. The number of nitrogens with zero attached hydrogens (tertiary/aromatic N) is 3. The molecule has 0 aromatic carbocycles. The Kier molecular flexibility index (Phi) is 4.10. The molecule has 2 rings (SSSR count). The number of anilines is 1. The summed E-state index contributed by atoms with van der Waals surface area (Å²) in [6.45, 7) is 9.07. The van der Waals surface area contributed by atoms with Crippen molar-refractivity contribution in [1.82, 2.24) is 9.88 Å². The van der Waals surface area contributed by atoms with Crippen LogP contribution in [0.2, 0.25) is 5.02 Å². The van der Waals surface area contributed by atoms with Crippen molar-refractivity contribution in [2.45, 2.75) is 19.4 Å². The highest BCUT2D eigenvalue weighted by molar-refractivity contribution is 6.33. The van der Waals surface area contributed by atoms with E-state index in [0.29, 0.717) is 6.54 Å². The number of hydrogen-bond acceptors (Lipinski definition) is 4. The molecule has 1 aromatic rings. The molecule has 0 spiro atoms. The summed E-state index contributed by atoms with van der Waals surface area (Å²) >= 11 is 6.17. The minimum absolute atomic E-state index is 0.0775. The Bertz CT molecular complexity index is 400. The molecule has 0 amide bonds. The van der Waals surface area contributed by atoms with E-state index in [0.717, 1.165) is 36.9 Å². The van der Waals surface area contributed by atoms with Gasteiger partial charge in [-0.3, -0.25) is 9.88 Å². The molecule has 1 fully saturated rings. The van der Waals surface area contributed by atoms with Gasteiger partial charge in [0.15, 0.2) is 0 Å². The average molecular weight is 269 g/mol. The molecule has 0 atom stereocenters. The third kappa shape index (κ3) is 2.76. The van der Waals surface area contributed by atoms with Crippen LogP contribution in [0.3, 0.4) is 0 Å². The molecule has 0 saturated carbocycles. The summed E-state index contributed by atoms with van der Waals surface area (Å²) in [4.78, 5) is 8.78. The molecule has 1 saturated heterocycles. The van der Waals surface area contributed by atoms with Crippen LogP contribution >= 0.6 is 11.6 Å². The molecular formula is C13H21ClN4. The lowest BCUT2D eigenvalue weighted by atomic mass is 10.0. The number of rotatable bonds is 3. The van der Waals surface area contributed by atoms with Gasteiger partial charge in [0, 0.05) is 50.7 Å². The molecule has 0 aliphatic carbocycles. The van der Waals surface area contributed by atoms with E-state index in [-0.39, 0.29) is 5.54 Å². The Labute approximate surface area is 114 Å². The highest BCUT2D eigenvalue weighted by atomic mass is 35.5. The highest BCUT2D eigenvalue weighted by Gasteiger charge is 2.29. The number of hydrogen-bond donors (Lipinski definition) is 1. The standard InChI is InChI=1S/C13H21ClN4/c1-13(2,10-15)18-7-5-17(6-8-18)12-3-4-16-9-11(12)14/h3-4,9H,5-8,10,15H2,1-2H3. The fourth-order valence-corrected chi connectivity index (χ4v) is 2.54. The van der Waals surface area contributed by atoms with Gasteiger partial charge in [0.25, 0.3) is 0 Å². The van der Waals surface area contributed by atoms with Gasteiger partial charge < -0.3 is 10.6 Å². The molecule has 100 valence electrons. The lowest BCUT2D eigenvalue weighted by Gasteiger charge is -2.44. The third-order valence-corrected chi connectivity index (χ3v) is 4.02. The van der Waals surface area contributed by atoms with Gasteiger partial charge in [0.1, 0.15) is 0 Å². The van der Waals surface area contributed by atoms with E-state index in [1.165, 1.54) is 0 Å². The quantitative estimate of drug-likeness (QED) is 0.904. The van der Waals surface area contributed by atoms with Gasteiger partial charge in [-0.2, -0.15) is 0 Å². The van der Waals surface area contributed by atoms with Gasteiger partial charge in [-0.05, 0) is 19.9 Å². The van der Waals surface area contributed by atoms with Crippen molar-refractivity contribution in [2.24, 2.45) is 5.73 Å². The van der Waals surface area contributed by atoms with Crippen LogP contribution in [0.15, 0.2) is 18.5 Å². The van der Waals surface area contributed by atoms with Crippen molar-refractivity contribution >= 4 is 17.3 Å². The summed E-state index contributed by atoms with van der Waals surface area (Å²) in [6, 6.07) is 1.98. The largest absolute Gasteiger partial charge is 0.368 e. The number of aromatic nitrogens is 1. The monoisotopic (exact) mass is 268 g/mol. The molecule has 0 unspecified atom stereocenters. The smallest absolute Gasteiger partial charge is 0.0822 e. The zero-order valence-corrected chi connectivity index (χ0v) is 11.8. The van der Waals surface area contributed by atoms with Crippen LogP contribution < -0.4 is 10.6 Å². The van der Waals surface area contributed by atoms with Crippen LogP contribution in [0.25, 0.3) is 0 Å². The summed E-state index contributed by atoms with van der Waals surface area (Å²) in [5.41, 5.74) is 6.98. The van der Waals surface area contributed by atoms with Crippen molar-refractivity contribution in [2.75, 3.05) is 37.6 Å². The Morgan fingerprint density at radius 2 is 2.00 bits per heavy atom. The van der Waals surface area contributed by atoms with Crippen molar-refractivity contribution in [3.05, 3.63) is 23.5 Å². The first kappa shape index (κ1) is 13.6. The number of piperazine rings is 1. The SMILES string of the molecule is CC(C)(CN)N1CCN(c2ccncc2Cl)CC1. The molecule has 4 nitrogen and oxygen atoms in total. The molecule has 0 radical (unpaired) electrons. The van der Waals surface area contributed by atoms with Gasteiger partial charge in [-0.1, -0.05) is 11.6 Å². The fourth-order valence-electron chi connectivity index (χ4n) is 2.31. The summed E-state index contributed by atoms with van der Waals surface area (Å²) in [5, 5.41) is 0.726. The Hall–Kier alpha value is -0.840. The minimum Gasteiger partial charge on any atom is -0.368 e. The van der Waals surface area contributed by atoms with Crippen LogP contribution in [0, 0.1) is 0 Å². The second kappa shape index (κ2) is 5.43. The van der Waals surface area contributed by atoms with E-state index >= 15 is 0 Å². The first-order chi connectivity index (χ1) is 8.54. The van der Waals surface area contributed by atoms with Gasteiger partial charge >= 0.3 is 0 Å². The van der Waals surface area contributed by atoms with Crippen LogP contribution in [0.4, 0.5) is 5.69 Å². The zero-order chi connectivity index (χ0) is 13.2.